The van der Waals surface area contributed by atoms with Crippen molar-refractivity contribution in [3.05, 3.63) is 35.9 Å². The van der Waals surface area contributed by atoms with Gasteiger partial charge in [-0.1, -0.05) is 50.6 Å². The van der Waals surface area contributed by atoms with Crippen molar-refractivity contribution in [3.63, 3.8) is 0 Å². The van der Waals surface area contributed by atoms with E-state index in [9.17, 15) is 29.4 Å². The number of rotatable bonds is 16. The fourth-order valence-corrected chi connectivity index (χ4v) is 3.59. The molecule has 0 heterocycles. The maximum absolute atomic E-state index is 13.0. The summed E-state index contributed by atoms with van der Waals surface area (Å²) in [5.41, 5.74) is 12.4. The third-order valence-electron chi connectivity index (χ3n) is 6.05. The van der Waals surface area contributed by atoms with Crippen molar-refractivity contribution in [2.45, 2.75) is 83.1 Å². The molecule has 1 rings (SSSR count). The highest BCUT2D eigenvalue weighted by atomic mass is 16.4. The Kier molecular flexibility index (Phi) is 13.7. The normalized spacial score (nSPS) is 16.1. The number of nitrogens with two attached hydrogens (primary N) is 2. The summed E-state index contributed by atoms with van der Waals surface area (Å²) in [6.07, 6.45) is 0.785. The molecule has 11 heteroatoms. The van der Waals surface area contributed by atoms with E-state index in [0.717, 1.165) is 5.56 Å². The van der Waals surface area contributed by atoms with E-state index in [1.807, 2.05) is 37.3 Å². The van der Waals surface area contributed by atoms with Crippen LogP contribution < -0.4 is 27.4 Å². The van der Waals surface area contributed by atoms with Crippen LogP contribution in [0, 0.1) is 5.92 Å². The molecular weight excluding hydrogens is 466 g/mol. The highest BCUT2D eigenvalue weighted by Gasteiger charge is 2.33. The third-order valence-corrected chi connectivity index (χ3v) is 6.05. The maximum atomic E-state index is 13.0. The van der Waals surface area contributed by atoms with E-state index in [4.69, 9.17) is 11.5 Å². The highest BCUT2D eigenvalue weighted by molar-refractivity contribution is 5.94. The number of benzene rings is 1. The molecule has 1 aromatic rings. The lowest BCUT2D eigenvalue weighted by atomic mass is 9.98. The molecule has 9 N–H and O–H groups in total. The Bertz CT molecular complexity index is 851. The first-order valence-corrected chi connectivity index (χ1v) is 12.3. The number of carboxylic acids is 1. The molecule has 6 atom stereocenters. The molecule has 36 heavy (non-hydrogen) atoms. The van der Waals surface area contributed by atoms with Gasteiger partial charge in [0.25, 0.3) is 0 Å². The average molecular weight is 508 g/mol. The zero-order valence-electron chi connectivity index (χ0n) is 21.3. The zero-order chi connectivity index (χ0) is 27.3. The van der Waals surface area contributed by atoms with Gasteiger partial charge in [0.2, 0.25) is 17.7 Å². The molecule has 1 aromatic carbocycles. The van der Waals surface area contributed by atoms with Gasteiger partial charge in [0.1, 0.15) is 18.1 Å². The molecule has 6 unspecified atom stereocenters. The predicted molar refractivity (Wildman–Crippen MR) is 136 cm³/mol. The van der Waals surface area contributed by atoms with Gasteiger partial charge in [-0.2, -0.15) is 0 Å². The average Bonchev–Trinajstić information content (AvgIpc) is 2.84. The quantitative estimate of drug-likeness (QED) is 0.147. The standard InChI is InChI=1S/C25H41N5O6/c1-4-15(2)20(25(35)36)29-23(33)19(12-8-9-13-26)28-24(34)21(16(3)31)30-22(32)18(27)14-17-10-6-5-7-11-17/h5-7,10-11,15-16,18-21,31H,4,8-9,12-14,26-27H2,1-3H3,(H,28,34)(H,29,33)(H,30,32)(H,35,36). The molecule has 0 saturated heterocycles. The summed E-state index contributed by atoms with van der Waals surface area (Å²) in [5.74, 6) is -3.58. The lowest BCUT2D eigenvalue weighted by Crippen LogP contribution is -2.60. The number of nitrogens with one attached hydrogen (secondary N) is 3. The lowest BCUT2D eigenvalue weighted by Gasteiger charge is -2.27. The summed E-state index contributed by atoms with van der Waals surface area (Å²) in [4.78, 5) is 50.2. The highest BCUT2D eigenvalue weighted by Crippen LogP contribution is 2.10. The number of carbonyl (C=O) groups is 4. The number of aliphatic hydroxyl groups is 1. The van der Waals surface area contributed by atoms with Crippen LogP contribution in [-0.4, -0.2) is 70.7 Å². The molecule has 202 valence electrons. The molecule has 3 amide bonds. The Hall–Kier alpha value is -3.02. The number of carboxylic acid groups (broad SMARTS) is 1. The van der Waals surface area contributed by atoms with Crippen LogP contribution in [0.2, 0.25) is 0 Å². The van der Waals surface area contributed by atoms with Crippen LogP contribution in [0.5, 0.6) is 0 Å². The maximum Gasteiger partial charge on any atom is 0.326 e. The van der Waals surface area contributed by atoms with Gasteiger partial charge in [0.05, 0.1) is 12.1 Å². The second-order valence-electron chi connectivity index (χ2n) is 9.08. The van der Waals surface area contributed by atoms with Gasteiger partial charge >= 0.3 is 5.97 Å². The number of unbranched alkanes of at least 4 members (excludes halogenated alkanes) is 1. The Balaban J connectivity index is 2.94. The van der Waals surface area contributed by atoms with Crippen LogP contribution >= 0.6 is 0 Å². The minimum Gasteiger partial charge on any atom is -0.480 e. The second-order valence-corrected chi connectivity index (χ2v) is 9.08. The number of carbonyl (C=O) groups excluding carboxylic acids is 3. The second kappa shape index (κ2) is 15.9. The van der Waals surface area contributed by atoms with Gasteiger partial charge in [-0.25, -0.2) is 4.79 Å². The minimum absolute atomic E-state index is 0.204. The zero-order valence-corrected chi connectivity index (χ0v) is 21.3. The Labute approximate surface area is 212 Å². The first-order valence-electron chi connectivity index (χ1n) is 12.3. The van der Waals surface area contributed by atoms with Gasteiger partial charge in [0.15, 0.2) is 0 Å². The van der Waals surface area contributed by atoms with Crippen LogP contribution in [0.3, 0.4) is 0 Å². The van der Waals surface area contributed by atoms with Crippen LogP contribution in [0.25, 0.3) is 0 Å². The molecule has 0 bridgehead atoms. The molecule has 0 aliphatic heterocycles. The van der Waals surface area contributed by atoms with E-state index >= 15 is 0 Å². The third kappa shape index (κ3) is 10.3. The number of amides is 3. The van der Waals surface area contributed by atoms with Crippen LogP contribution in [-0.2, 0) is 25.6 Å². The lowest BCUT2D eigenvalue weighted by molar-refractivity contribution is -0.144. The Morgan fingerprint density at radius 2 is 1.53 bits per heavy atom. The van der Waals surface area contributed by atoms with Crippen molar-refractivity contribution in [2.75, 3.05) is 6.54 Å². The number of hydrogen-bond donors (Lipinski definition) is 7. The minimum atomic E-state index is -1.37. The molecule has 0 spiro atoms. The van der Waals surface area contributed by atoms with Crippen molar-refractivity contribution in [1.82, 2.24) is 16.0 Å². The summed E-state index contributed by atoms with van der Waals surface area (Å²) in [7, 11) is 0. The number of aliphatic hydroxyl groups excluding tert-OH is 1. The van der Waals surface area contributed by atoms with Gasteiger partial charge in [-0.15, -0.1) is 0 Å². The first-order chi connectivity index (χ1) is 17.0. The van der Waals surface area contributed by atoms with E-state index in [1.54, 1.807) is 6.92 Å². The largest absolute Gasteiger partial charge is 0.480 e. The first kappa shape index (κ1) is 31.0. The van der Waals surface area contributed by atoms with Crippen LogP contribution in [0.1, 0.15) is 52.0 Å². The van der Waals surface area contributed by atoms with Crippen molar-refractivity contribution in [1.29, 1.82) is 0 Å². The van der Waals surface area contributed by atoms with E-state index in [2.05, 4.69) is 16.0 Å². The van der Waals surface area contributed by atoms with Gasteiger partial charge in [0, 0.05) is 0 Å². The fraction of sp³-hybridized carbons (Fsp3) is 0.600. The van der Waals surface area contributed by atoms with Crippen molar-refractivity contribution < 1.29 is 29.4 Å². The van der Waals surface area contributed by atoms with Crippen LogP contribution in [0.4, 0.5) is 0 Å². The Morgan fingerprint density at radius 1 is 0.917 bits per heavy atom. The van der Waals surface area contributed by atoms with Crippen molar-refractivity contribution >= 4 is 23.7 Å². The fourth-order valence-electron chi connectivity index (χ4n) is 3.59. The van der Waals surface area contributed by atoms with Gasteiger partial charge < -0.3 is 37.6 Å². The molecule has 0 fully saturated rings. The van der Waals surface area contributed by atoms with Crippen molar-refractivity contribution in [3.8, 4) is 0 Å². The molecule has 0 saturated carbocycles. The van der Waals surface area contributed by atoms with Crippen molar-refractivity contribution in [2.24, 2.45) is 17.4 Å². The molecule has 11 nitrogen and oxygen atoms in total. The van der Waals surface area contributed by atoms with E-state index in [0.29, 0.717) is 25.8 Å². The van der Waals surface area contributed by atoms with E-state index in [1.165, 1.54) is 6.92 Å². The number of aliphatic carboxylic acids is 1. The summed E-state index contributed by atoms with van der Waals surface area (Å²) in [6, 6.07) is 4.58. The van der Waals surface area contributed by atoms with Gasteiger partial charge in [-0.3, -0.25) is 14.4 Å². The summed E-state index contributed by atoms with van der Waals surface area (Å²) < 4.78 is 0. The predicted octanol–water partition coefficient (Wildman–Crippen LogP) is -0.349. The smallest absolute Gasteiger partial charge is 0.326 e. The molecule has 0 aromatic heterocycles. The summed E-state index contributed by atoms with van der Waals surface area (Å²) in [6.45, 7) is 5.24. The number of hydrogen-bond acceptors (Lipinski definition) is 7. The Morgan fingerprint density at radius 3 is 2.06 bits per heavy atom. The van der Waals surface area contributed by atoms with Gasteiger partial charge in [-0.05, 0) is 50.6 Å². The summed E-state index contributed by atoms with van der Waals surface area (Å²) >= 11 is 0. The summed E-state index contributed by atoms with van der Waals surface area (Å²) in [5, 5.41) is 27.2. The molecule has 0 aliphatic rings. The SMILES string of the molecule is CCC(C)C(NC(=O)C(CCCCN)NC(=O)C(NC(=O)C(N)Cc1ccccc1)C(C)O)C(=O)O. The van der Waals surface area contributed by atoms with Crippen LogP contribution in [0.15, 0.2) is 30.3 Å². The van der Waals surface area contributed by atoms with E-state index in [-0.39, 0.29) is 18.8 Å². The molecule has 0 radical (unpaired) electrons. The molecular formula is C25H41N5O6. The monoisotopic (exact) mass is 507 g/mol. The topological polar surface area (TPSA) is 197 Å². The van der Waals surface area contributed by atoms with E-state index < -0.39 is 54.0 Å². The molecule has 0 aliphatic carbocycles.